The van der Waals surface area contributed by atoms with Crippen LogP contribution in [0.2, 0.25) is 0 Å². The first-order valence-corrected chi connectivity index (χ1v) is 11.8. The van der Waals surface area contributed by atoms with Crippen LogP contribution < -0.4 is 15.0 Å². The molecule has 1 aliphatic carbocycles. The fourth-order valence-electron chi connectivity index (χ4n) is 3.79. The molecule has 3 aromatic heterocycles. The molecule has 160 valence electrons. The summed E-state index contributed by atoms with van der Waals surface area (Å²) < 4.78 is 10.6. The Kier molecular flexibility index (Phi) is 5.41. The van der Waals surface area contributed by atoms with Gasteiger partial charge in [-0.3, -0.25) is 9.89 Å². The Balaban J connectivity index is 1.36. The molecular weight excluding hydrogens is 434 g/mol. The van der Waals surface area contributed by atoms with E-state index in [2.05, 4.69) is 20.2 Å². The summed E-state index contributed by atoms with van der Waals surface area (Å²) >= 11 is 3.07. The lowest BCUT2D eigenvalue weighted by atomic mass is 9.97. The van der Waals surface area contributed by atoms with Gasteiger partial charge in [-0.2, -0.15) is 0 Å². The number of benzene rings is 1. The van der Waals surface area contributed by atoms with Crippen LogP contribution in [0.25, 0.3) is 21.6 Å². The van der Waals surface area contributed by atoms with Gasteiger partial charge in [-0.15, -0.1) is 16.4 Å². The lowest BCUT2D eigenvalue weighted by Gasteiger charge is -2.09. The highest BCUT2D eigenvalue weighted by atomic mass is 32.2. The van der Waals surface area contributed by atoms with E-state index >= 15 is 0 Å². The van der Waals surface area contributed by atoms with Crippen molar-refractivity contribution >= 4 is 33.3 Å². The van der Waals surface area contributed by atoms with Crippen LogP contribution in [0.5, 0.6) is 11.5 Å². The summed E-state index contributed by atoms with van der Waals surface area (Å²) in [6.45, 7) is 0. The van der Waals surface area contributed by atoms with Crippen molar-refractivity contribution in [3.63, 3.8) is 0 Å². The van der Waals surface area contributed by atoms with Crippen LogP contribution >= 0.6 is 23.1 Å². The van der Waals surface area contributed by atoms with Gasteiger partial charge in [0, 0.05) is 16.5 Å². The molecule has 0 saturated carbocycles. The van der Waals surface area contributed by atoms with Crippen LogP contribution in [-0.2, 0) is 18.6 Å². The number of hydrogen-bond donors (Lipinski definition) is 2. The molecule has 31 heavy (non-hydrogen) atoms. The number of thioether (sulfide) groups is 1. The molecule has 3 heterocycles. The number of nitrogens with zero attached hydrogens (tertiary/aromatic N) is 3. The van der Waals surface area contributed by atoms with Gasteiger partial charge in [-0.05, 0) is 43.4 Å². The van der Waals surface area contributed by atoms with Gasteiger partial charge in [0.15, 0.2) is 5.82 Å². The molecule has 10 heteroatoms. The highest BCUT2D eigenvalue weighted by Gasteiger charge is 2.20. The van der Waals surface area contributed by atoms with Crippen molar-refractivity contribution in [3.05, 3.63) is 44.8 Å². The molecule has 0 aliphatic heterocycles. The maximum absolute atomic E-state index is 12.7. The fourth-order valence-corrected chi connectivity index (χ4v) is 5.74. The molecule has 0 fully saturated rings. The highest BCUT2D eigenvalue weighted by molar-refractivity contribution is 7.98. The lowest BCUT2D eigenvalue weighted by molar-refractivity contribution is 0.394. The third-order valence-corrected chi connectivity index (χ3v) is 7.35. The normalized spacial score (nSPS) is 13.4. The summed E-state index contributed by atoms with van der Waals surface area (Å²) in [6, 6.07) is 5.53. The van der Waals surface area contributed by atoms with Crippen molar-refractivity contribution in [3.8, 4) is 22.9 Å². The SMILES string of the molecule is COc1cc(OC)cc(-c2nc(SCc3nc4sc5c(c4c(=O)[nH]3)CCCC5)n[nH]2)c1. The molecule has 0 unspecified atom stereocenters. The van der Waals surface area contributed by atoms with E-state index in [4.69, 9.17) is 14.5 Å². The van der Waals surface area contributed by atoms with Crippen molar-refractivity contribution in [2.45, 2.75) is 36.6 Å². The number of thiophene rings is 1. The molecule has 8 nitrogen and oxygen atoms in total. The largest absolute Gasteiger partial charge is 0.497 e. The Hall–Kier alpha value is -2.85. The van der Waals surface area contributed by atoms with Crippen molar-refractivity contribution in [1.29, 1.82) is 0 Å². The van der Waals surface area contributed by atoms with Crippen LogP contribution in [0.1, 0.15) is 29.1 Å². The van der Waals surface area contributed by atoms with Crippen molar-refractivity contribution in [2.75, 3.05) is 14.2 Å². The number of methoxy groups -OCH3 is 2. The number of aromatic amines is 2. The molecule has 0 atom stereocenters. The van der Waals surface area contributed by atoms with Gasteiger partial charge >= 0.3 is 0 Å². The first-order valence-electron chi connectivity index (χ1n) is 9.96. The van der Waals surface area contributed by atoms with E-state index in [-0.39, 0.29) is 5.56 Å². The lowest BCUT2D eigenvalue weighted by Crippen LogP contribution is -2.12. The summed E-state index contributed by atoms with van der Waals surface area (Å²) in [6.07, 6.45) is 4.35. The maximum Gasteiger partial charge on any atom is 0.259 e. The fraction of sp³-hybridized carbons (Fsp3) is 0.333. The molecule has 1 aromatic carbocycles. The van der Waals surface area contributed by atoms with Crippen molar-refractivity contribution < 1.29 is 9.47 Å². The van der Waals surface area contributed by atoms with Crippen LogP contribution in [-0.4, -0.2) is 39.4 Å². The minimum Gasteiger partial charge on any atom is -0.497 e. The quantitative estimate of drug-likeness (QED) is 0.424. The summed E-state index contributed by atoms with van der Waals surface area (Å²) in [4.78, 5) is 27.1. The van der Waals surface area contributed by atoms with E-state index < -0.39 is 0 Å². The van der Waals surface area contributed by atoms with Gasteiger partial charge in [0.25, 0.3) is 5.56 Å². The molecule has 0 bridgehead atoms. The van der Waals surface area contributed by atoms with Crippen LogP contribution in [0.15, 0.2) is 28.2 Å². The van der Waals surface area contributed by atoms with Crippen LogP contribution in [0.3, 0.4) is 0 Å². The zero-order valence-electron chi connectivity index (χ0n) is 17.2. The molecule has 4 aromatic rings. The van der Waals surface area contributed by atoms with Crippen molar-refractivity contribution in [2.24, 2.45) is 0 Å². The van der Waals surface area contributed by atoms with Gasteiger partial charge in [-0.1, -0.05) is 11.8 Å². The smallest absolute Gasteiger partial charge is 0.259 e. The Morgan fingerprint density at radius 3 is 2.65 bits per heavy atom. The van der Waals surface area contributed by atoms with Gasteiger partial charge in [-0.25, -0.2) is 9.97 Å². The van der Waals surface area contributed by atoms with Crippen LogP contribution in [0, 0.1) is 0 Å². The number of rotatable bonds is 6. The molecule has 2 N–H and O–H groups in total. The average Bonchev–Trinajstić information content (AvgIpc) is 3.42. The number of ether oxygens (including phenoxy) is 2. The summed E-state index contributed by atoms with van der Waals surface area (Å²) in [5.74, 6) is 3.08. The van der Waals surface area contributed by atoms with Gasteiger partial charge < -0.3 is 14.5 Å². The zero-order chi connectivity index (χ0) is 21.4. The molecule has 0 radical (unpaired) electrons. The first-order chi connectivity index (χ1) is 15.1. The average molecular weight is 456 g/mol. The number of nitrogens with one attached hydrogen (secondary N) is 2. The van der Waals surface area contributed by atoms with E-state index in [0.717, 1.165) is 35.0 Å². The molecular formula is C21H21N5O3S2. The number of fused-ring (bicyclic) bond motifs is 3. The molecule has 1 aliphatic rings. The van der Waals surface area contributed by atoms with Gasteiger partial charge in [0.1, 0.15) is 22.2 Å². The second-order valence-corrected chi connectivity index (χ2v) is 9.29. The van der Waals surface area contributed by atoms with E-state index in [0.29, 0.717) is 34.1 Å². The number of H-pyrrole nitrogens is 2. The van der Waals surface area contributed by atoms with Crippen molar-refractivity contribution in [1.82, 2.24) is 25.1 Å². The second-order valence-electron chi connectivity index (χ2n) is 7.26. The van der Waals surface area contributed by atoms with E-state index in [1.165, 1.54) is 28.6 Å². The second kappa shape index (κ2) is 8.35. The Bertz CT molecular complexity index is 1290. The van der Waals surface area contributed by atoms with E-state index in [1.54, 1.807) is 31.6 Å². The first kappa shape index (κ1) is 20.1. The summed E-state index contributed by atoms with van der Waals surface area (Å²) in [7, 11) is 3.21. The minimum atomic E-state index is -0.0425. The van der Waals surface area contributed by atoms with Gasteiger partial charge in [0.05, 0.1) is 25.4 Å². The predicted octanol–water partition coefficient (Wildman–Crippen LogP) is 3.96. The topological polar surface area (TPSA) is 106 Å². The zero-order valence-corrected chi connectivity index (χ0v) is 18.8. The standard InChI is InChI=1S/C21H21N5O3S2/c1-28-12-7-11(8-13(9-12)29-2)18-24-21(26-25-18)30-10-16-22-19(27)17-14-5-3-4-6-15(14)31-20(17)23-16/h7-9H,3-6,10H2,1-2H3,(H,22,23,27)(H,24,25,26). The number of aryl methyl sites for hydroxylation is 2. The van der Waals surface area contributed by atoms with E-state index in [9.17, 15) is 4.79 Å². The summed E-state index contributed by atoms with van der Waals surface area (Å²) in [5.41, 5.74) is 1.97. The Morgan fingerprint density at radius 1 is 1.10 bits per heavy atom. The minimum absolute atomic E-state index is 0.0425. The number of hydrogen-bond acceptors (Lipinski definition) is 8. The molecule has 5 rings (SSSR count). The molecule has 0 amide bonds. The summed E-state index contributed by atoms with van der Waals surface area (Å²) in [5, 5.41) is 8.59. The third-order valence-electron chi connectivity index (χ3n) is 5.30. The molecule has 0 saturated heterocycles. The maximum atomic E-state index is 12.7. The Morgan fingerprint density at radius 2 is 1.87 bits per heavy atom. The Labute approximate surface area is 186 Å². The molecule has 0 spiro atoms. The predicted molar refractivity (Wildman–Crippen MR) is 121 cm³/mol. The monoisotopic (exact) mass is 455 g/mol. The number of aromatic nitrogens is 5. The van der Waals surface area contributed by atoms with E-state index in [1.807, 2.05) is 12.1 Å². The van der Waals surface area contributed by atoms with Crippen LogP contribution in [0.4, 0.5) is 0 Å². The van der Waals surface area contributed by atoms with Gasteiger partial charge in [0.2, 0.25) is 5.16 Å². The third kappa shape index (κ3) is 3.92. The highest BCUT2D eigenvalue weighted by Crippen LogP contribution is 2.34.